The van der Waals surface area contributed by atoms with E-state index in [4.69, 9.17) is 0 Å². The summed E-state index contributed by atoms with van der Waals surface area (Å²) in [6.07, 6.45) is 0. The van der Waals surface area contributed by atoms with E-state index in [1.54, 1.807) is 24.3 Å². The fraction of sp³-hybridized carbons (Fsp3) is 0.217. The van der Waals surface area contributed by atoms with E-state index in [2.05, 4.69) is 34.5 Å². The summed E-state index contributed by atoms with van der Waals surface area (Å²) in [6.45, 7) is 6.04. The Bertz CT molecular complexity index is 1270. The topological polar surface area (TPSA) is 76.9 Å². The van der Waals surface area contributed by atoms with E-state index in [9.17, 15) is 9.59 Å². The average Bonchev–Trinajstić information content (AvgIpc) is 3.42. The number of hydrogen-bond donors (Lipinski definition) is 1. The van der Waals surface area contributed by atoms with Gasteiger partial charge in [0, 0.05) is 16.5 Å². The molecule has 158 valence electrons. The third-order valence-electron chi connectivity index (χ3n) is 5.04. The molecule has 1 amide bonds. The third-order valence-corrected chi connectivity index (χ3v) is 7.12. The van der Waals surface area contributed by atoms with Gasteiger partial charge < -0.3 is 5.32 Å². The van der Waals surface area contributed by atoms with Crippen LogP contribution >= 0.6 is 22.7 Å². The van der Waals surface area contributed by atoms with Crippen molar-refractivity contribution in [3.05, 3.63) is 80.4 Å². The summed E-state index contributed by atoms with van der Waals surface area (Å²) in [5, 5.41) is 10.2. The second-order valence-electron chi connectivity index (χ2n) is 7.21. The highest BCUT2D eigenvalue weighted by Gasteiger charge is 2.19. The van der Waals surface area contributed by atoms with Gasteiger partial charge >= 0.3 is 0 Å². The minimum Gasteiger partial charge on any atom is -0.349 e. The zero-order valence-corrected chi connectivity index (χ0v) is 19.1. The molecule has 8 heteroatoms. The highest BCUT2D eigenvalue weighted by molar-refractivity contribution is 7.15. The number of aromatic nitrogens is 3. The lowest BCUT2D eigenvalue weighted by Gasteiger charge is -2.14. The first kappa shape index (κ1) is 21.1. The Morgan fingerprint density at radius 3 is 2.68 bits per heavy atom. The van der Waals surface area contributed by atoms with Gasteiger partial charge in [-0.2, -0.15) is 5.10 Å². The number of benzene rings is 1. The number of nitrogens with zero attached hydrogens (tertiary/aromatic N) is 3. The molecule has 1 N–H and O–H groups in total. The standard InChI is InChI=1S/C23H22N4O2S2/c1-14-7-4-5-8-17(14)23-25-15(2)20(31-23)13-24-22(29)16(3)27-21(28)11-10-18(26-27)19-9-6-12-30-19/h4-12,16H,13H2,1-3H3,(H,24,29). The molecule has 1 unspecified atom stereocenters. The lowest BCUT2D eigenvalue weighted by molar-refractivity contribution is -0.124. The summed E-state index contributed by atoms with van der Waals surface area (Å²) in [5.74, 6) is -0.261. The van der Waals surface area contributed by atoms with Crippen LogP contribution in [0.15, 0.2) is 58.7 Å². The highest BCUT2D eigenvalue weighted by Crippen LogP contribution is 2.30. The fourth-order valence-electron chi connectivity index (χ4n) is 3.20. The Balaban J connectivity index is 1.49. The van der Waals surface area contributed by atoms with Gasteiger partial charge in [-0.3, -0.25) is 9.59 Å². The van der Waals surface area contributed by atoms with Crippen LogP contribution in [0.5, 0.6) is 0 Å². The Hall–Kier alpha value is -3.10. The second-order valence-corrected chi connectivity index (χ2v) is 9.25. The van der Waals surface area contributed by atoms with E-state index in [0.29, 0.717) is 12.2 Å². The van der Waals surface area contributed by atoms with Gasteiger partial charge in [-0.25, -0.2) is 9.67 Å². The van der Waals surface area contributed by atoms with E-state index in [-0.39, 0.29) is 11.5 Å². The average molecular weight is 451 g/mol. The SMILES string of the molecule is Cc1ccccc1-c1nc(C)c(CNC(=O)C(C)n2nc(-c3cccs3)ccc2=O)s1. The van der Waals surface area contributed by atoms with Crippen LogP contribution in [0.25, 0.3) is 21.1 Å². The van der Waals surface area contributed by atoms with Gasteiger partial charge in [-0.15, -0.1) is 22.7 Å². The van der Waals surface area contributed by atoms with Crippen LogP contribution in [0.2, 0.25) is 0 Å². The first-order chi connectivity index (χ1) is 14.9. The maximum atomic E-state index is 12.8. The quantitative estimate of drug-likeness (QED) is 0.466. The number of rotatable bonds is 6. The summed E-state index contributed by atoms with van der Waals surface area (Å²) >= 11 is 3.11. The molecular formula is C23H22N4O2S2. The molecule has 0 aliphatic rings. The summed E-state index contributed by atoms with van der Waals surface area (Å²) in [6, 6.07) is 14.4. The van der Waals surface area contributed by atoms with Gasteiger partial charge in [0.15, 0.2) is 0 Å². The molecule has 0 aliphatic carbocycles. The molecule has 0 saturated carbocycles. The van der Waals surface area contributed by atoms with E-state index in [1.165, 1.54) is 22.1 Å². The van der Waals surface area contributed by atoms with Crippen molar-refractivity contribution in [2.75, 3.05) is 0 Å². The third kappa shape index (κ3) is 4.50. The van der Waals surface area contributed by atoms with Crippen LogP contribution in [-0.4, -0.2) is 20.7 Å². The largest absolute Gasteiger partial charge is 0.349 e. The van der Waals surface area contributed by atoms with Crippen molar-refractivity contribution < 1.29 is 4.79 Å². The number of nitrogens with one attached hydrogen (secondary N) is 1. The van der Waals surface area contributed by atoms with Crippen molar-refractivity contribution in [1.29, 1.82) is 0 Å². The zero-order chi connectivity index (χ0) is 22.0. The van der Waals surface area contributed by atoms with Crippen molar-refractivity contribution in [3.63, 3.8) is 0 Å². The maximum absolute atomic E-state index is 12.8. The van der Waals surface area contributed by atoms with E-state index < -0.39 is 6.04 Å². The van der Waals surface area contributed by atoms with Gasteiger partial charge in [0.2, 0.25) is 5.91 Å². The van der Waals surface area contributed by atoms with Gasteiger partial charge in [0.25, 0.3) is 5.56 Å². The predicted molar refractivity (Wildman–Crippen MR) is 125 cm³/mol. The number of hydrogen-bond acceptors (Lipinski definition) is 6. The normalized spacial score (nSPS) is 12.0. The molecule has 0 radical (unpaired) electrons. The first-order valence-electron chi connectivity index (χ1n) is 9.88. The molecule has 0 bridgehead atoms. The molecule has 1 atom stereocenters. The minimum absolute atomic E-state index is 0.261. The lowest BCUT2D eigenvalue weighted by Crippen LogP contribution is -2.36. The van der Waals surface area contributed by atoms with Crippen LogP contribution < -0.4 is 10.9 Å². The maximum Gasteiger partial charge on any atom is 0.267 e. The molecule has 4 rings (SSSR count). The van der Waals surface area contributed by atoms with E-state index in [1.807, 2.05) is 36.6 Å². The molecule has 0 spiro atoms. The van der Waals surface area contributed by atoms with Crippen molar-refractivity contribution in [2.45, 2.75) is 33.4 Å². The Kier molecular flexibility index (Phi) is 6.11. The van der Waals surface area contributed by atoms with Crippen LogP contribution in [0.1, 0.15) is 29.1 Å². The molecule has 3 aromatic heterocycles. The van der Waals surface area contributed by atoms with Gasteiger partial charge in [0.1, 0.15) is 16.7 Å². The fourth-order valence-corrected chi connectivity index (χ4v) is 4.99. The smallest absolute Gasteiger partial charge is 0.267 e. The summed E-state index contributed by atoms with van der Waals surface area (Å²) < 4.78 is 1.24. The second kappa shape index (κ2) is 8.95. The van der Waals surface area contributed by atoms with Crippen LogP contribution in [0.4, 0.5) is 0 Å². The minimum atomic E-state index is -0.725. The van der Waals surface area contributed by atoms with Crippen LogP contribution in [-0.2, 0) is 11.3 Å². The number of aryl methyl sites for hydroxylation is 2. The van der Waals surface area contributed by atoms with Crippen molar-refractivity contribution in [2.24, 2.45) is 0 Å². The Morgan fingerprint density at radius 1 is 1.13 bits per heavy atom. The molecular weight excluding hydrogens is 428 g/mol. The molecule has 1 aromatic carbocycles. The van der Waals surface area contributed by atoms with Crippen LogP contribution in [0, 0.1) is 13.8 Å². The van der Waals surface area contributed by atoms with Crippen LogP contribution in [0.3, 0.4) is 0 Å². The number of thiophene rings is 1. The van der Waals surface area contributed by atoms with Crippen molar-refractivity contribution >= 4 is 28.6 Å². The van der Waals surface area contributed by atoms with Gasteiger partial charge in [0.05, 0.1) is 17.1 Å². The molecule has 0 aliphatic heterocycles. The van der Waals surface area contributed by atoms with Gasteiger partial charge in [-0.1, -0.05) is 30.3 Å². The Morgan fingerprint density at radius 2 is 1.94 bits per heavy atom. The summed E-state index contributed by atoms with van der Waals surface area (Å²) in [5.41, 5.74) is 3.53. The number of carbonyl (C=O) groups excluding carboxylic acids is 1. The Labute approximate surface area is 188 Å². The highest BCUT2D eigenvalue weighted by atomic mass is 32.1. The number of thiazole rings is 1. The molecule has 31 heavy (non-hydrogen) atoms. The molecule has 0 saturated heterocycles. The van der Waals surface area contributed by atoms with Crippen molar-refractivity contribution in [1.82, 2.24) is 20.1 Å². The molecule has 0 fully saturated rings. The van der Waals surface area contributed by atoms with Crippen molar-refractivity contribution in [3.8, 4) is 21.1 Å². The predicted octanol–water partition coefficient (Wildman–Crippen LogP) is 4.59. The summed E-state index contributed by atoms with van der Waals surface area (Å²) in [4.78, 5) is 31.7. The molecule has 6 nitrogen and oxygen atoms in total. The molecule has 3 heterocycles. The summed E-state index contributed by atoms with van der Waals surface area (Å²) in [7, 11) is 0. The van der Waals surface area contributed by atoms with E-state index >= 15 is 0 Å². The van der Waals surface area contributed by atoms with E-state index in [0.717, 1.165) is 31.6 Å². The monoisotopic (exact) mass is 450 g/mol. The van der Waals surface area contributed by atoms with Gasteiger partial charge in [-0.05, 0) is 43.8 Å². The first-order valence-corrected chi connectivity index (χ1v) is 11.6. The number of carbonyl (C=O) groups is 1. The molecule has 4 aromatic rings. The number of amides is 1. The lowest BCUT2D eigenvalue weighted by atomic mass is 10.1. The zero-order valence-electron chi connectivity index (χ0n) is 17.5.